The molecule has 5 nitrogen and oxygen atoms in total. The van der Waals surface area contributed by atoms with Gasteiger partial charge in [0.15, 0.2) is 11.5 Å². The molecule has 6 heteroatoms. The van der Waals surface area contributed by atoms with E-state index in [4.69, 9.17) is 9.47 Å². The first-order valence-corrected chi connectivity index (χ1v) is 7.46. The molecular formula is C16H25ClN2O3. The standard InChI is InChI=1S/C16H24N2O3.ClH/c1-11(2)21-14-7-6-12(9-15(14)20-3)16(19)18-10-13-5-4-8-17-13;/h6-7,9,11,13,17H,4-5,8,10H2,1-3H3,(H,18,19);1H. The Morgan fingerprint density at radius 2 is 2.18 bits per heavy atom. The van der Waals surface area contributed by atoms with Crippen LogP contribution in [0.2, 0.25) is 0 Å². The minimum Gasteiger partial charge on any atom is -0.493 e. The second kappa shape index (κ2) is 8.86. The predicted octanol–water partition coefficient (Wildman–Crippen LogP) is 2.39. The lowest BCUT2D eigenvalue weighted by molar-refractivity contribution is 0.0950. The zero-order chi connectivity index (χ0) is 15.2. The van der Waals surface area contributed by atoms with E-state index in [0.717, 1.165) is 13.0 Å². The van der Waals surface area contributed by atoms with Gasteiger partial charge in [0.25, 0.3) is 5.91 Å². The molecule has 1 fully saturated rings. The van der Waals surface area contributed by atoms with E-state index in [-0.39, 0.29) is 24.4 Å². The first-order valence-electron chi connectivity index (χ1n) is 7.46. The van der Waals surface area contributed by atoms with Crippen molar-refractivity contribution in [2.75, 3.05) is 20.2 Å². The third-order valence-electron chi connectivity index (χ3n) is 3.46. The number of rotatable bonds is 6. The summed E-state index contributed by atoms with van der Waals surface area (Å²) in [5.74, 6) is 1.15. The molecule has 1 aromatic carbocycles. The molecule has 0 spiro atoms. The van der Waals surface area contributed by atoms with Gasteiger partial charge in [0.2, 0.25) is 0 Å². The smallest absolute Gasteiger partial charge is 0.251 e. The second-order valence-electron chi connectivity index (χ2n) is 5.54. The van der Waals surface area contributed by atoms with Crippen LogP contribution < -0.4 is 20.1 Å². The maximum absolute atomic E-state index is 12.2. The molecule has 0 aliphatic carbocycles. The van der Waals surface area contributed by atoms with Crippen LogP contribution in [-0.2, 0) is 0 Å². The number of hydrogen-bond donors (Lipinski definition) is 2. The van der Waals surface area contributed by atoms with Crippen molar-refractivity contribution < 1.29 is 14.3 Å². The van der Waals surface area contributed by atoms with Crippen molar-refractivity contribution in [2.24, 2.45) is 0 Å². The van der Waals surface area contributed by atoms with E-state index in [1.54, 1.807) is 25.3 Å². The van der Waals surface area contributed by atoms with Gasteiger partial charge in [0, 0.05) is 18.2 Å². The molecule has 1 aliphatic heterocycles. The lowest BCUT2D eigenvalue weighted by Crippen LogP contribution is -2.37. The van der Waals surface area contributed by atoms with Crippen LogP contribution in [-0.4, -0.2) is 38.3 Å². The van der Waals surface area contributed by atoms with Crippen LogP contribution in [0.4, 0.5) is 0 Å². The highest BCUT2D eigenvalue weighted by Gasteiger charge is 2.16. The van der Waals surface area contributed by atoms with Crippen LogP contribution in [0.5, 0.6) is 11.5 Å². The number of carbonyl (C=O) groups is 1. The molecule has 22 heavy (non-hydrogen) atoms. The van der Waals surface area contributed by atoms with E-state index in [9.17, 15) is 4.79 Å². The van der Waals surface area contributed by atoms with Crippen molar-refractivity contribution in [3.8, 4) is 11.5 Å². The Balaban J connectivity index is 0.00000242. The van der Waals surface area contributed by atoms with Gasteiger partial charge in [-0.15, -0.1) is 12.4 Å². The Morgan fingerprint density at radius 1 is 1.41 bits per heavy atom. The summed E-state index contributed by atoms with van der Waals surface area (Å²) in [7, 11) is 1.58. The molecule has 0 saturated carbocycles. The maximum Gasteiger partial charge on any atom is 0.251 e. The molecule has 0 aromatic heterocycles. The summed E-state index contributed by atoms with van der Waals surface area (Å²) < 4.78 is 10.9. The van der Waals surface area contributed by atoms with Gasteiger partial charge in [0.1, 0.15) is 0 Å². The van der Waals surface area contributed by atoms with E-state index < -0.39 is 0 Å². The normalized spacial score (nSPS) is 17.0. The fourth-order valence-corrected chi connectivity index (χ4v) is 2.41. The number of nitrogens with one attached hydrogen (secondary N) is 2. The minimum atomic E-state index is -0.0851. The Bertz CT molecular complexity index is 488. The number of carbonyl (C=O) groups excluding carboxylic acids is 1. The average Bonchev–Trinajstić information content (AvgIpc) is 2.98. The molecule has 124 valence electrons. The Hall–Kier alpha value is -1.46. The molecule has 2 rings (SSSR count). The molecule has 1 heterocycles. The Labute approximate surface area is 138 Å². The second-order valence-corrected chi connectivity index (χ2v) is 5.54. The number of amides is 1. The first kappa shape index (κ1) is 18.6. The van der Waals surface area contributed by atoms with E-state index in [1.165, 1.54) is 6.42 Å². The molecule has 1 saturated heterocycles. The van der Waals surface area contributed by atoms with Crippen LogP contribution >= 0.6 is 12.4 Å². The fourth-order valence-electron chi connectivity index (χ4n) is 2.41. The monoisotopic (exact) mass is 328 g/mol. The van der Waals surface area contributed by atoms with Gasteiger partial charge in [-0.1, -0.05) is 0 Å². The summed E-state index contributed by atoms with van der Waals surface area (Å²) in [6.07, 6.45) is 2.35. The average molecular weight is 329 g/mol. The summed E-state index contributed by atoms with van der Waals surface area (Å²) in [6, 6.07) is 5.65. The third kappa shape index (κ3) is 5.07. The molecule has 0 radical (unpaired) electrons. The number of halogens is 1. The van der Waals surface area contributed by atoms with Gasteiger partial charge in [-0.3, -0.25) is 4.79 Å². The molecule has 1 amide bonds. The van der Waals surface area contributed by atoms with Crippen LogP contribution in [0.15, 0.2) is 18.2 Å². The van der Waals surface area contributed by atoms with Crippen molar-refractivity contribution in [2.45, 2.75) is 38.8 Å². The lowest BCUT2D eigenvalue weighted by atomic mass is 10.1. The summed E-state index contributed by atoms with van der Waals surface area (Å²) in [4.78, 5) is 12.2. The molecule has 0 bridgehead atoms. The summed E-state index contributed by atoms with van der Waals surface area (Å²) in [5, 5.41) is 6.31. The molecule has 1 aliphatic rings. The molecular weight excluding hydrogens is 304 g/mol. The summed E-state index contributed by atoms with van der Waals surface area (Å²) in [6.45, 7) is 5.60. The van der Waals surface area contributed by atoms with Crippen molar-refractivity contribution in [1.82, 2.24) is 10.6 Å². The Morgan fingerprint density at radius 3 is 2.77 bits per heavy atom. The van der Waals surface area contributed by atoms with Crippen LogP contribution in [0.3, 0.4) is 0 Å². The van der Waals surface area contributed by atoms with Gasteiger partial charge in [-0.25, -0.2) is 0 Å². The zero-order valence-electron chi connectivity index (χ0n) is 13.3. The van der Waals surface area contributed by atoms with Gasteiger partial charge < -0.3 is 20.1 Å². The third-order valence-corrected chi connectivity index (χ3v) is 3.46. The van der Waals surface area contributed by atoms with Crippen molar-refractivity contribution >= 4 is 18.3 Å². The highest BCUT2D eigenvalue weighted by Crippen LogP contribution is 2.28. The van der Waals surface area contributed by atoms with E-state index >= 15 is 0 Å². The van der Waals surface area contributed by atoms with Crippen molar-refractivity contribution in [1.29, 1.82) is 0 Å². The number of hydrogen-bond acceptors (Lipinski definition) is 4. The van der Waals surface area contributed by atoms with Gasteiger partial charge in [-0.05, 0) is 51.4 Å². The van der Waals surface area contributed by atoms with Crippen molar-refractivity contribution in [3.63, 3.8) is 0 Å². The van der Waals surface area contributed by atoms with E-state index in [0.29, 0.717) is 29.6 Å². The van der Waals surface area contributed by atoms with E-state index in [2.05, 4.69) is 10.6 Å². The summed E-state index contributed by atoms with van der Waals surface area (Å²) >= 11 is 0. The number of ether oxygens (including phenoxy) is 2. The largest absolute Gasteiger partial charge is 0.493 e. The van der Waals surface area contributed by atoms with Crippen LogP contribution in [0, 0.1) is 0 Å². The molecule has 1 atom stereocenters. The van der Waals surface area contributed by atoms with Gasteiger partial charge in [0.05, 0.1) is 13.2 Å². The molecule has 1 aromatic rings. The highest BCUT2D eigenvalue weighted by atomic mass is 35.5. The van der Waals surface area contributed by atoms with Gasteiger partial charge in [-0.2, -0.15) is 0 Å². The first-order chi connectivity index (χ1) is 10.1. The topological polar surface area (TPSA) is 59.6 Å². The SMILES string of the molecule is COc1cc(C(=O)NCC2CCCN2)ccc1OC(C)C.Cl. The number of benzene rings is 1. The van der Waals surface area contributed by atoms with Crippen LogP contribution in [0.25, 0.3) is 0 Å². The fraction of sp³-hybridized carbons (Fsp3) is 0.562. The lowest BCUT2D eigenvalue weighted by Gasteiger charge is -2.15. The van der Waals surface area contributed by atoms with Crippen LogP contribution in [0.1, 0.15) is 37.0 Å². The van der Waals surface area contributed by atoms with Crippen molar-refractivity contribution in [3.05, 3.63) is 23.8 Å². The van der Waals surface area contributed by atoms with E-state index in [1.807, 2.05) is 13.8 Å². The predicted molar refractivity (Wildman–Crippen MR) is 89.4 cm³/mol. The molecule has 2 N–H and O–H groups in total. The summed E-state index contributed by atoms with van der Waals surface area (Å²) in [5.41, 5.74) is 0.584. The maximum atomic E-state index is 12.2. The van der Waals surface area contributed by atoms with Gasteiger partial charge >= 0.3 is 0 Å². The Kier molecular flexibility index (Phi) is 7.48. The quantitative estimate of drug-likeness (QED) is 0.842. The number of methoxy groups -OCH3 is 1. The minimum absolute atomic E-state index is 0. The molecule has 1 unspecified atom stereocenters. The zero-order valence-corrected chi connectivity index (χ0v) is 14.2. The highest BCUT2D eigenvalue weighted by molar-refractivity contribution is 5.94.